The highest BCUT2D eigenvalue weighted by Gasteiger charge is 2.31. The highest BCUT2D eigenvalue weighted by Crippen LogP contribution is 2.33. The summed E-state index contributed by atoms with van der Waals surface area (Å²) in [6, 6.07) is 4.90. The van der Waals surface area contributed by atoms with E-state index in [2.05, 4.69) is 4.98 Å². The standard InChI is InChI=1S/C18H17F3N2O3S/c19-18(20,21)13-5-1-3-11(7-13)16-22-14(10-27-16)8-15(24)23-6-2-4-12(9-23)17(25)26/h1,3,5,7,10,12H,2,4,6,8-9H2,(H,25,26). The Morgan fingerprint density at radius 2 is 2.11 bits per heavy atom. The second-order valence-corrected chi connectivity index (χ2v) is 7.27. The molecule has 1 unspecified atom stereocenters. The van der Waals surface area contributed by atoms with Gasteiger partial charge in [0, 0.05) is 24.0 Å². The number of aromatic nitrogens is 1. The molecule has 0 bridgehead atoms. The summed E-state index contributed by atoms with van der Waals surface area (Å²) in [4.78, 5) is 29.3. The van der Waals surface area contributed by atoms with E-state index in [0.717, 1.165) is 12.1 Å². The number of carbonyl (C=O) groups is 2. The first-order valence-corrected chi connectivity index (χ1v) is 9.24. The van der Waals surface area contributed by atoms with E-state index in [-0.39, 0.29) is 18.9 Å². The van der Waals surface area contributed by atoms with Crippen molar-refractivity contribution >= 4 is 23.2 Å². The summed E-state index contributed by atoms with van der Waals surface area (Å²) in [6.45, 7) is 0.687. The Labute approximate surface area is 157 Å². The fourth-order valence-corrected chi connectivity index (χ4v) is 3.84. The Bertz CT molecular complexity index is 850. The van der Waals surface area contributed by atoms with E-state index in [1.54, 1.807) is 11.4 Å². The van der Waals surface area contributed by atoms with Crippen molar-refractivity contribution < 1.29 is 27.9 Å². The lowest BCUT2D eigenvalue weighted by atomic mass is 9.98. The zero-order chi connectivity index (χ0) is 19.6. The second kappa shape index (κ2) is 7.67. The third-order valence-electron chi connectivity index (χ3n) is 4.44. The van der Waals surface area contributed by atoms with Gasteiger partial charge in [0.2, 0.25) is 5.91 Å². The van der Waals surface area contributed by atoms with Gasteiger partial charge in [-0.05, 0) is 25.0 Å². The number of nitrogens with zero attached hydrogens (tertiary/aromatic N) is 2. The van der Waals surface area contributed by atoms with E-state index in [4.69, 9.17) is 5.11 Å². The number of carboxylic acids is 1. The molecule has 27 heavy (non-hydrogen) atoms. The van der Waals surface area contributed by atoms with Crippen molar-refractivity contribution in [2.24, 2.45) is 5.92 Å². The number of halogens is 3. The molecule has 1 saturated heterocycles. The molecule has 0 aliphatic carbocycles. The van der Waals surface area contributed by atoms with Crippen LogP contribution >= 0.6 is 11.3 Å². The summed E-state index contributed by atoms with van der Waals surface area (Å²) in [5.74, 6) is -1.69. The van der Waals surface area contributed by atoms with Crippen LogP contribution in [0.2, 0.25) is 0 Å². The number of hydrogen-bond acceptors (Lipinski definition) is 4. The van der Waals surface area contributed by atoms with Gasteiger partial charge in [0.25, 0.3) is 0 Å². The van der Waals surface area contributed by atoms with Crippen molar-refractivity contribution in [3.63, 3.8) is 0 Å². The minimum Gasteiger partial charge on any atom is -0.481 e. The van der Waals surface area contributed by atoms with Crippen molar-refractivity contribution in [3.05, 3.63) is 40.9 Å². The van der Waals surface area contributed by atoms with Gasteiger partial charge in [0.15, 0.2) is 0 Å². The third-order valence-corrected chi connectivity index (χ3v) is 5.38. The lowest BCUT2D eigenvalue weighted by molar-refractivity contribution is -0.145. The molecule has 3 rings (SSSR count). The smallest absolute Gasteiger partial charge is 0.416 e. The van der Waals surface area contributed by atoms with Crippen LogP contribution in [0.25, 0.3) is 10.6 Å². The van der Waals surface area contributed by atoms with Crippen molar-refractivity contribution in [1.29, 1.82) is 0 Å². The Kier molecular flexibility index (Phi) is 5.50. The summed E-state index contributed by atoms with van der Waals surface area (Å²) >= 11 is 1.17. The van der Waals surface area contributed by atoms with Gasteiger partial charge < -0.3 is 10.0 Å². The van der Waals surface area contributed by atoms with Crippen LogP contribution < -0.4 is 0 Å². The number of carbonyl (C=O) groups excluding carboxylic acids is 1. The van der Waals surface area contributed by atoms with Gasteiger partial charge in [0.1, 0.15) is 5.01 Å². The van der Waals surface area contributed by atoms with Crippen LogP contribution in [-0.4, -0.2) is 40.0 Å². The Hall–Kier alpha value is -2.42. The number of aliphatic carboxylic acids is 1. The lowest BCUT2D eigenvalue weighted by Crippen LogP contribution is -2.43. The van der Waals surface area contributed by atoms with E-state index in [1.165, 1.54) is 22.3 Å². The molecule has 1 aliphatic heterocycles. The normalized spacial score (nSPS) is 17.7. The van der Waals surface area contributed by atoms with Gasteiger partial charge in [-0.3, -0.25) is 9.59 Å². The van der Waals surface area contributed by atoms with Gasteiger partial charge >= 0.3 is 12.1 Å². The molecule has 2 aromatic rings. The average Bonchev–Trinajstić information content (AvgIpc) is 3.09. The highest BCUT2D eigenvalue weighted by atomic mass is 32.1. The Balaban J connectivity index is 1.69. The SMILES string of the molecule is O=C(O)C1CCCN(C(=O)Cc2csc(-c3cccc(C(F)(F)F)c3)n2)C1. The van der Waals surface area contributed by atoms with Crippen molar-refractivity contribution in [2.75, 3.05) is 13.1 Å². The molecule has 1 N–H and O–H groups in total. The number of thiazole rings is 1. The monoisotopic (exact) mass is 398 g/mol. The molecule has 1 fully saturated rings. The first-order valence-electron chi connectivity index (χ1n) is 8.36. The van der Waals surface area contributed by atoms with Crippen LogP contribution in [0.15, 0.2) is 29.6 Å². The molecule has 0 spiro atoms. The van der Waals surface area contributed by atoms with E-state index < -0.39 is 23.6 Å². The van der Waals surface area contributed by atoms with Crippen LogP contribution in [0.3, 0.4) is 0 Å². The molecule has 0 saturated carbocycles. The molecule has 1 aromatic carbocycles. The molecule has 9 heteroatoms. The summed E-state index contributed by atoms with van der Waals surface area (Å²) in [5.41, 5.74) is 0.0631. The minimum atomic E-state index is -4.43. The van der Waals surface area contributed by atoms with E-state index in [1.807, 2.05) is 0 Å². The van der Waals surface area contributed by atoms with Crippen LogP contribution in [0, 0.1) is 5.92 Å². The first-order chi connectivity index (χ1) is 12.7. The Morgan fingerprint density at radius 1 is 1.33 bits per heavy atom. The summed E-state index contributed by atoms with van der Waals surface area (Å²) < 4.78 is 38.5. The van der Waals surface area contributed by atoms with Crippen molar-refractivity contribution in [3.8, 4) is 10.6 Å². The fraction of sp³-hybridized carbons (Fsp3) is 0.389. The van der Waals surface area contributed by atoms with Gasteiger partial charge in [0.05, 0.1) is 23.6 Å². The summed E-state index contributed by atoms with van der Waals surface area (Å²) in [5, 5.41) is 11.2. The number of alkyl halides is 3. The average molecular weight is 398 g/mol. The molecule has 1 aromatic heterocycles. The van der Waals surface area contributed by atoms with Gasteiger partial charge in [-0.25, -0.2) is 4.98 Å². The first kappa shape index (κ1) is 19.3. The molecule has 144 valence electrons. The number of rotatable bonds is 4. The van der Waals surface area contributed by atoms with Crippen LogP contribution in [0.1, 0.15) is 24.1 Å². The quantitative estimate of drug-likeness (QED) is 0.853. The zero-order valence-electron chi connectivity index (χ0n) is 14.2. The number of piperidine rings is 1. The highest BCUT2D eigenvalue weighted by molar-refractivity contribution is 7.13. The Morgan fingerprint density at radius 3 is 2.81 bits per heavy atom. The van der Waals surface area contributed by atoms with Crippen LogP contribution in [-0.2, 0) is 22.2 Å². The summed E-state index contributed by atoms with van der Waals surface area (Å²) in [6.07, 6.45) is -3.24. The minimum absolute atomic E-state index is 0.00179. The third kappa shape index (κ3) is 4.65. The number of likely N-dealkylation sites (tertiary alicyclic amines) is 1. The molecule has 1 atom stereocenters. The lowest BCUT2D eigenvalue weighted by Gasteiger charge is -2.30. The van der Waals surface area contributed by atoms with Crippen LogP contribution in [0.4, 0.5) is 13.2 Å². The number of amides is 1. The molecular weight excluding hydrogens is 381 g/mol. The van der Waals surface area contributed by atoms with E-state index >= 15 is 0 Å². The maximum absolute atomic E-state index is 12.8. The summed E-state index contributed by atoms with van der Waals surface area (Å²) in [7, 11) is 0. The van der Waals surface area contributed by atoms with Crippen molar-refractivity contribution in [2.45, 2.75) is 25.4 Å². The predicted octanol–water partition coefficient (Wildman–Crippen LogP) is 3.69. The molecule has 1 amide bonds. The van der Waals surface area contributed by atoms with E-state index in [9.17, 15) is 22.8 Å². The predicted molar refractivity (Wildman–Crippen MR) is 93.2 cm³/mol. The maximum Gasteiger partial charge on any atom is 0.416 e. The second-order valence-electron chi connectivity index (χ2n) is 6.42. The molecule has 0 radical (unpaired) electrons. The number of benzene rings is 1. The number of carboxylic acid groups (broad SMARTS) is 1. The van der Waals surface area contributed by atoms with Gasteiger partial charge in [-0.1, -0.05) is 12.1 Å². The maximum atomic E-state index is 12.8. The van der Waals surface area contributed by atoms with E-state index in [0.29, 0.717) is 35.7 Å². The topological polar surface area (TPSA) is 70.5 Å². The zero-order valence-corrected chi connectivity index (χ0v) is 15.0. The number of hydrogen-bond donors (Lipinski definition) is 1. The molecule has 1 aliphatic rings. The largest absolute Gasteiger partial charge is 0.481 e. The molecule has 2 heterocycles. The molecular formula is C18H17F3N2O3S. The van der Waals surface area contributed by atoms with Crippen molar-refractivity contribution in [1.82, 2.24) is 9.88 Å². The van der Waals surface area contributed by atoms with Crippen LogP contribution in [0.5, 0.6) is 0 Å². The van der Waals surface area contributed by atoms with Gasteiger partial charge in [-0.2, -0.15) is 13.2 Å². The van der Waals surface area contributed by atoms with Gasteiger partial charge in [-0.15, -0.1) is 11.3 Å². The molecule has 5 nitrogen and oxygen atoms in total. The fourth-order valence-electron chi connectivity index (χ4n) is 3.02.